The summed E-state index contributed by atoms with van der Waals surface area (Å²) in [6.45, 7) is 3.10. The maximum absolute atomic E-state index is 12.5. The number of carbonyl (C=O) groups excluding carboxylic acids is 2. The standard InChI is InChI=1S/C36H64O10/c1-3-5-7-8-9-10-11-12-13-14-15-16-17-18-19-20-21-22-23-25-32(39)45-29(27-43-31(38)24-6-4-2)28-44-36-35(42)34(41)33(40)30(26-37)46-36/h9-10,12-13,29-30,33-37,40-42H,3-8,11,14-28H2,1-2H3/b10-9-,13-12-. The van der Waals surface area contributed by atoms with Crippen molar-refractivity contribution in [1.82, 2.24) is 0 Å². The molecule has 1 aliphatic heterocycles. The largest absolute Gasteiger partial charge is 0.462 e. The second-order valence-corrected chi connectivity index (χ2v) is 12.3. The van der Waals surface area contributed by atoms with Crippen molar-refractivity contribution in [1.29, 1.82) is 0 Å². The van der Waals surface area contributed by atoms with Crippen LogP contribution in [0.1, 0.15) is 136 Å². The van der Waals surface area contributed by atoms with E-state index in [-0.39, 0.29) is 26.1 Å². The third-order valence-electron chi connectivity index (χ3n) is 8.09. The monoisotopic (exact) mass is 656 g/mol. The van der Waals surface area contributed by atoms with Gasteiger partial charge in [-0.3, -0.25) is 9.59 Å². The smallest absolute Gasteiger partial charge is 0.306 e. The molecule has 0 aromatic carbocycles. The highest BCUT2D eigenvalue weighted by atomic mass is 16.7. The first-order valence-corrected chi connectivity index (χ1v) is 17.9. The number of hydrogen-bond donors (Lipinski definition) is 4. The van der Waals surface area contributed by atoms with Crippen molar-refractivity contribution in [2.45, 2.75) is 173 Å². The summed E-state index contributed by atoms with van der Waals surface area (Å²) in [5.41, 5.74) is 0. The molecule has 0 spiro atoms. The molecule has 1 saturated heterocycles. The molecule has 46 heavy (non-hydrogen) atoms. The van der Waals surface area contributed by atoms with E-state index in [2.05, 4.69) is 31.2 Å². The van der Waals surface area contributed by atoms with Crippen LogP contribution in [-0.2, 0) is 28.5 Å². The zero-order valence-electron chi connectivity index (χ0n) is 28.6. The summed E-state index contributed by atoms with van der Waals surface area (Å²) < 4.78 is 21.7. The Labute approximate surface area is 277 Å². The Bertz CT molecular complexity index is 815. The van der Waals surface area contributed by atoms with Crippen molar-refractivity contribution < 1.29 is 49.0 Å². The van der Waals surface area contributed by atoms with Gasteiger partial charge in [0.15, 0.2) is 12.4 Å². The Morgan fingerprint density at radius 3 is 1.85 bits per heavy atom. The van der Waals surface area contributed by atoms with Crippen LogP contribution in [0.15, 0.2) is 24.3 Å². The van der Waals surface area contributed by atoms with E-state index in [1.807, 2.05) is 6.92 Å². The Morgan fingerprint density at radius 2 is 1.24 bits per heavy atom. The van der Waals surface area contributed by atoms with E-state index in [1.54, 1.807) is 0 Å². The van der Waals surface area contributed by atoms with Crippen molar-refractivity contribution in [2.75, 3.05) is 19.8 Å². The number of carbonyl (C=O) groups is 2. The number of unbranched alkanes of at least 4 members (excludes halogenated alkanes) is 13. The minimum atomic E-state index is -1.59. The molecule has 0 aliphatic carbocycles. The van der Waals surface area contributed by atoms with Crippen LogP contribution in [0.5, 0.6) is 0 Å². The summed E-state index contributed by atoms with van der Waals surface area (Å²) in [6.07, 6.45) is 20.3. The molecule has 0 saturated carbocycles. The van der Waals surface area contributed by atoms with Gasteiger partial charge >= 0.3 is 11.9 Å². The van der Waals surface area contributed by atoms with Crippen LogP contribution in [0.3, 0.4) is 0 Å². The Kier molecular flexibility index (Phi) is 25.9. The molecule has 6 unspecified atom stereocenters. The summed E-state index contributed by atoms with van der Waals surface area (Å²) in [4.78, 5) is 24.6. The fraction of sp³-hybridized carbons (Fsp3) is 0.833. The fourth-order valence-electron chi connectivity index (χ4n) is 5.14. The summed E-state index contributed by atoms with van der Waals surface area (Å²) in [5.74, 6) is -0.854. The van der Waals surface area contributed by atoms with Gasteiger partial charge in [-0.1, -0.05) is 102 Å². The molecule has 0 bridgehead atoms. The first kappa shape index (κ1) is 42.2. The third kappa shape index (κ3) is 20.4. The molecular formula is C36H64O10. The number of esters is 2. The maximum Gasteiger partial charge on any atom is 0.306 e. The van der Waals surface area contributed by atoms with Crippen LogP contribution in [0, 0.1) is 0 Å². The van der Waals surface area contributed by atoms with Crippen molar-refractivity contribution in [3.8, 4) is 0 Å². The SMILES string of the molecule is CCCCC/C=C\C/C=C\CCCCCCCCCCCC(=O)OC(COC(=O)CCCC)COC1OC(CO)C(O)C(O)C1O. The Morgan fingerprint density at radius 1 is 0.674 bits per heavy atom. The van der Waals surface area contributed by atoms with Gasteiger partial charge in [0.25, 0.3) is 0 Å². The molecule has 1 aliphatic rings. The lowest BCUT2D eigenvalue weighted by molar-refractivity contribution is -0.305. The molecule has 0 amide bonds. The maximum atomic E-state index is 12.5. The number of hydrogen-bond acceptors (Lipinski definition) is 10. The second-order valence-electron chi connectivity index (χ2n) is 12.3. The van der Waals surface area contributed by atoms with E-state index in [0.717, 1.165) is 38.5 Å². The van der Waals surface area contributed by atoms with Crippen LogP contribution in [-0.4, -0.2) is 89.0 Å². The van der Waals surface area contributed by atoms with Crippen LogP contribution in [0.4, 0.5) is 0 Å². The Hall–Kier alpha value is -1.82. The number of aliphatic hydroxyl groups excluding tert-OH is 4. The lowest BCUT2D eigenvalue weighted by atomic mass is 9.99. The van der Waals surface area contributed by atoms with Crippen LogP contribution >= 0.6 is 0 Å². The van der Waals surface area contributed by atoms with Gasteiger partial charge in [-0.25, -0.2) is 0 Å². The predicted octanol–water partition coefficient (Wildman–Crippen LogP) is 5.82. The lowest BCUT2D eigenvalue weighted by Crippen LogP contribution is -2.59. The molecule has 0 aromatic rings. The quantitative estimate of drug-likeness (QED) is 0.0460. The van der Waals surface area contributed by atoms with Crippen molar-refractivity contribution >= 4 is 11.9 Å². The summed E-state index contributed by atoms with van der Waals surface area (Å²) in [6, 6.07) is 0. The molecule has 0 radical (unpaired) electrons. The molecule has 0 aromatic heterocycles. The predicted molar refractivity (Wildman–Crippen MR) is 178 cm³/mol. The topological polar surface area (TPSA) is 152 Å². The minimum absolute atomic E-state index is 0.224. The zero-order valence-corrected chi connectivity index (χ0v) is 28.6. The van der Waals surface area contributed by atoms with E-state index in [9.17, 15) is 30.0 Å². The molecule has 268 valence electrons. The highest BCUT2D eigenvalue weighted by molar-refractivity contribution is 5.70. The van der Waals surface area contributed by atoms with E-state index in [1.165, 1.54) is 57.8 Å². The average molecular weight is 657 g/mol. The van der Waals surface area contributed by atoms with Crippen LogP contribution in [0.25, 0.3) is 0 Å². The summed E-state index contributed by atoms with van der Waals surface area (Å²) in [5, 5.41) is 39.6. The second kappa shape index (κ2) is 28.2. The van der Waals surface area contributed by atoms with E-state index in [0.29, 0.717) is 12.8 Å². The van der Waals surface area contributed by atoms with Gasteiger partial charge in [-0.2, -0.15) is 0 Å². The van der Waals surface area contributed by atoms with E-state index in [4.69, 9.17) is 18.9 Å². The normalized spacial score (nSPS) is 22.4. The first-order valence-electron chi connectivity index (χ1n) is 17.9. The van der Waals surface area contributed by atoms with E-state index >= 15 is 0 Å². The summed E-state index contributed by atoms with van der Waals surface area (Å²) in [7, 11) is 0. The molecule has 1 rings (SSSR count). The van der Waals surface area contributed by atoms with Gasteiger partial charge in [0.05, 0.1) is 13.2 Å². The number of rotatable bonds is 28. The highest BCUT2D eigenvalue weighted by Crippen LogP contribution is 2.22. The number of allylic oxidation sites excluding steroid dienone is 4. The molecule has 6 atom stereocenters. The Balaban J connectivity index is 2.23. The molecule has 10 nitrogen and oxygen atoms in total. The van der Waals surface area contributed by atoms with Gasteiger partial charge in [0, 0.05) is 12.8 Å². The molecule has 1 heterocycles. The molecule has 10 heteroatoms. The molecule has 1 fully saturated rings. The molecular weight excluding hydrogens is 592 g/mol. The van der Waals surface area contributed by atoms with E-state index < -0.39 is 55.4 Å². The third-order valence-corrected chi connectivity index (χ3v) is 8.09. The van der Waals surface area contributed by atoms with Gasteiger partial charge in [-0.05, 0) is 44.9 Å². The average Bonchev–Trinajstić information content (AvgIpc) is 3.05. The molecule has 4 N–H and O–H groups in total. The lowest BCUT2D eigenvalue weighted by Gasteiger charge is -2.39. The van der Waals surface area contributed by atoms with Gasteiger partial charge in [0.2, 0.25) is 0 Å². The van der Waals surface area contributed by atoms with Gasteiger partial charge in [-0.15, -0.1) is 0 Å². The first-order chi connectivity index (χ1) is 22.3. The van der Waals surface area contributed by atoms with Crippen molar-refractivity contribution in [3.63, 3.8) is 0 Å². The van der Waals surface area contributed by atoms with Gasteiger partial charge in [0.1, 0.15) is 31.0 Å². The van der Waals surface area contributed by atoms with Crippen molar-refractivity contribution in [2.24, 2.45) is 0 Å². The van der Waals surface area contributed by atoms with Crippen LogP contribution in [0.2, 0.25) is 0 Å². The van der Waals surface area contributed by atoms with Gasteiger partial charge < -0.3 is 39.4 Å². The summed E-state index contributed by atoms with van der Waals surface area (Å²) >= 11 is 0. The number of aliphatic hydroxyl groups is 4. The highest BCUT2D eigenvalue weighted by Gasteiger charge is 2.44. The minimum Gasteiger partial charge on any atom is -0.462 e. The van der Waals surface area contributed by atoms with Crippen molar-refractivity contribution in [3.05, 3.63) is 24.3 Å². The number of ether oxygens (including phenoxy) is 4. The van der Waals surface area contributed by atoms with Crippen LogP contribution < -0.4 is 0 Å². The zero-order chi connectivity index (χ0) is 33.8. The fourth-order valence-corrected chi connectivity index (χ4v) is 5.14.